The minimum absolute atomic E-state index is 0.00902. The number of hydrogen-bond donors (Lipinski definition) is 1. The molecular formula is C27H28F3N5O3. The molecule has 1 N–H and O–H groups in total. The van der Waals surface area contributed by atoms with Crippen LogP contribution in [0.2, 0.25) is 0 Å². The van der Waals surface area contributed by atoms with E-state index < -0.39 is 23.1 Å². The van der Waals surface area contributed by atoms with E-state index in [0.717, 1.165) is 17.5 Å². The molecule has 200 valence electrons. The highest BCUT2D eigenvalue weighted by molar-refractivity contribution is 6.10. The molecule has 1 saturated carbocycles. The number of rotatable bonds is 7. The summed E-state index contributed by atoms with van der Waals surface area (Å²) in [6.07, 6.45) is -1.50. The lowest BCUT2D eigenvalue weighted by Gasteiger charge is -2.46. The van der Waals surface area contributed by atoms with Crippen LogP contribution in [0.5, 0.6) is 0 Å². The van der Waals surface area contributed by atoms with Crippen molar-refractivity contribution in [3.8, 4) is 0 Å². The maximum atomic E-state index is 14.1. The average Bonchev–Trinajstić information content (AvgIpc) is 3.40. The first-order chi connectivity index (χ1) is 18.2. The van der Waals surface area contributed by atoms with E-state index in [0.29, 0.717) is 37.3 Å². The molecule has 1 aromatic heterocycles. The molecule has 2 aromatic carbocycles. The molecule has 1 aliphatic carbocycles. The van der Waals surface area contributed by atoms with Gasteiger partial charge in [0.2, 0.25) is 0 Å². The number of carbonyl (C=O) groups excluding carboxylic acids is 1. The molecule has 1 amide bonds. The van der Waals surface area contributed by atoms with Gasteiger partial charge in [0.25, 0.3) is 5.91 Å². The van der Waals surface area contributed by atoms with Gasteiger partial charge in [-0.25, -0.2) is 0 Å². The zero-order valence-corrected chi connectivity index (χ0v) is 21.1. The minimum Gasteiger partial charge on any atom is -0.381 e. The number of benzene rings is 2. The van der Waals surface area contributed by atoms with Gasteiger partial charge in [-0.2, -0.15) is 13.2 Å². The van der Waals surface area contributed by atoms with Crippen molar-refractivity contribution in [2.75, 3.05) is 25.2 Å². The summed E-state index contributed by atoms with van der Waals surface area (Å²) in [7, 11) is 3.55. The smallest absolute Gasteiger partial charge is 0.381 e. The molecule has 2 aliphatic heterocycles. The van der Waals surface area contributed by atoms with Gasteiger partial charge in [0, 0.05) is 32.0 Å². The number of hydrogen-bond acceptors (Lipinski definition) is 6. The van der Waals surface area contributed by atoms with Crippen molar-refractivity contribution in [1.82, 2.24) is 20.1 Å². The second-order valence-electron chi connectivity index (χ2n) is 10.3. The SMILES string of the molecule is CO[C@H]1C[C@](c2cccc(N3Cc4c(cc(CNC5COC5)cc4C(F)(F)F)C3=O)c2)(c2nncn2C)C1. The summed E-state index contributed by atoms with van der Waals surface area (Å²) in [5.74, 6) is 0.347. The molecule has 1 saturated heterocycles. The van der Waals surface area contributed by atoms with E-state index in [1.807, 2.05) is 29.8 Å². The second-order valence-corrected chi connectivity index (χ2v) is 10.3. The number of nitrogens with zero attached hydrogens (tertiary/aromatic N) is 4. The molecule has 38 heavy (non-hydrogen) atoms. The van der Waals surface area contributed by atoms with Crippen molar-refractivity contribution in [1.29, 1.82) is 0 Å². The van der Waals surface area contributed by atoms with E-state index in [-0.39, 0.29) is 36.4 Å². The monoisotopic (exact) mass is 527 g/mol. The molecule has 3 aliphatic rings. The predicted molar refractivity (Wildman–Crippen MR) is 132 cm³/mol. The molecule has 0 bridgehead atoms. The van der Waals surface area contributed by atoms with Gasteiger partial charge in [-0.15, -0.1) is 10.2 Å². The van der Waals surface area contributed by atoms with Crippen molar-refractivity contribution < 1.29 is 27.4 Å². The van der Waals surface area contributed by atoms with Crippen LogP contribution < -0.4 is 10.2 Å². The summed E-state index contributed by atoms with van der Waals surface area (Å²) in [4.78, 5) is 15.0. The third kappa shape index (κ3) is 4.09. The standard InChI is InChI=1S/C27H28F3N5O3/c1-34-15-32-33-25(34)26(9-20(10-26)37-2)17-4-3-5-19(8-17)35-12-22-21(24(35)36)6-16(7-23(22)27(28,29)30)11-31-18-13-38-14-18/h3-8,15,18,20,31H,9-14H2,1-2H3/t20-,26-. The van der Waals surface area contributed by atoms with Crippen LogP contribution in [0.25, 0.3) is 0 Å². The Balaban J connectivity index is 1.34. The van der Waals surface area contributed by atoms with Gasteiger partial charge in [-0.1, -0.05) is 12.1 Å². The number of aryl methyl sites for hydroxylation is 1. The van der Waals surface area contributed by atoms with Gasteiger partial charge in [0.1, 0.15) is 12.2 Å². The third-order valence-corrected chi connectivity index (χ3v) is 7.98. The summed E-state index contributed by atoms with van der Waals surface area (Å²) in [5, 5.41) is 11.6. The Labute approximate surface area is 217 Å². The molecule has 0 radical (unpaired) electrons. The molecule has 2 fully saturated rings. The average molecular weight is 528 g/mol. The van der Waals surface area contributed by atoms with Gasteiger partial charge in [0.15, 0.2) is 0 Å². The number of fused-ring (bicyclic) bond motifs is 1. The fourth-order valence-electron chi connectivity index (χ4n) is 5.77. The minimum atomic E-state index is -4.58. The third-order valence-electron chi connectivity index (χ3n) is 7.98. The molecular weight excluding hydrogens is 499 g/mol. The number of methoxy groups -OCH3 is 1. The second kappa shape index (κ2) is 9.18. The first-order valence-electron chi connectivity index (χ1n) is 12.5. The number of aromatic nitrogens is 3. The van der Waals surface area contributed by atoms with Crippen molar-refractivity contribution in [3.63, 3.8) is 0 Å². The number of halogens is 3. The van der Waals surface area contributed by atoms with E-state index >= 15 is 0 Å². The van der Waals surface area contributed by atoms with Crippen molar-refractivity contribution in [3.05, 3.63) is 76.4 Å². The number of amides is 1. The van der Waals surface area contributed by atoms with Gasteiger partial charge in [-0.05, 0) is 53.8 Å². The Bertz CT molecular complexity index is 1380. The van der Waals surface area contributed by atoms with Crippen LogP contribution in [0.4, 0.5) is 18.9 Å². The first kappa shape index (κ1) is 25.0. The maximum absolute atomic E-state index is 14.1. The van der Waals surface area contributed by atoms with E-state index in [2.05, 4.69) is 15.5 Å². The first-order valence-corrected chi connectivity index (χ1v) is 12.5. The number of alkyl halides is 3. The number of anilines is 1. The van der Waals surface area contributed by atoms with Crippen molar-refractivity contribution >= 4 is 11.6 Å². The lowest BCUT2D eigenvalue weighted by atomic mass is 9.62. The highest BCUT2D eigenvalue weighted by Gasteiger charge is 2.50. The molecule has 11 heteroatoms. The van der Waals surface area contributed by atoms with Crippen LogP contribution in [0.1, 0.15) is 51.3 Å². The fourth-order valence-corrected chi connectivity index (χ4v) is 5.77. The summed E-state index contributed by atoms with van der Waals surface area (Å²) in [6, 6.07) is 10.3. The lowest BCUT2D eigenvalue weighted by Crippen LogP contribution is -2.48. The van der Waals surface area contributed by atoms with E-state index in [1.165, 1.54) is 4.90 Å². The summed E-state index contributed by atoms with van der Waals surface area (Å²) >= 11 is 0. The van der Waals surface area contributed by atoms with Crippen molar-refractivity contribution in [2.45, 2.75) is 49.7 Å². The normalized spacial score (nSPS) is 23.3. The Morgan fingerprint density at radius 1 is 1.21 bits per heavy atom. The zero-order chi connectivity index (χ0) is 26.7. The van der Waals surface area contributed by atoms with Crippen LogP contribution in [-0.2, 0) is 41.2 Å². The number of ether oxygens (including phenoxy) is 2. The van der Waals surface area contributed by atoms with Crippen molar-refractivity contribution in [2.24, 2.45) is 7.05 Å². The molecule has 8 nitrogen and oxygen atoms in total. The largest absolute Gasteiger partial charge is 0.416 e. The zero-order valence-electron chi connectivity index (χ0n) is 21.1. The van der Waals surface area contributed by atoms with E-state index in [4.69, 9.17) is 9.47 Å². The Hall–Kier alpha value is -3.28. The molecule has 0 atom stereocenters. The molecule has 0 spiro atoms. The quantitative estimate of drug-likeness (QED) is 0.506. The Kier molecular flexibility index (Phi) is 6.04. The predicted octanol–water partition coefficient (Wildman–Crippen LogP) is 3.58. The summed E-state index contributed by atoms with van der Waals surface area (Å²) in [5.41, 5.74) is 0.776. The molecule has 6 rings (SSSR count). The van der Waals surface area contributed by atoms with Crippen LogP contribution in [0.15, 0.2) is 42.7 Å². The van der Waals surface area contributed by atoms with Crippen LogP contribution in [0, 0.1) is 0 Å². The number of carbonyl (C=O) groups is 1. The van der Waals surface area contributed by atoms with E-state index in [1.54, 1.807) is 25.6 Å². The highest BCUT2D eigenvalue weighted by atomic mass is 19.4. The summed E-state index contributed by atoms with van der Waals surface area (Å²) < 4.78 is 54.8. The Morgan fingerprint density at radius 3 is 2.63 bits per heavy atom. The van der Waals surface area contributed by atoms with Gasteiger partial charge in [0.05, 0.1) is 42.9 Å². The van der Waals surface area contributed by atoms with Gasteiger partial charge < -0.3 is 24.3 Å². The maximum Gasteiger partial charge on any atom is 0.416 e. The van der Waals surface area contributed by atoms with Crippen LogP contribution in [-0.4, -0.2) is 53.1 Å². The highest BCUT2D eigenvalue weighted by Crippen LogP contribution is 2.50. The van der Waals surface area contributed by atoms with Gasteiger partial charge in [-0.3, -0.25) is 4.79 Å². The molecule has 3 aromatic rings. The molecule has 3 heterocycles. The van der Waals surface area contributed by atoms with Gasteiger partial charge >= 0.3 is 6.18 Å². The van der Waals surface area contributed by atoms with Crippen LogP contribution in [0.3, 0.4) is 0 Å². The van der Waals surface area contributed by atoms with Crippen LogP contribution >= 0.6 is 0 Å². The van der Waals surface area contributed by atoms with E-state index in [9.17, 15) is 18.0 Å². The fraction of sp³-hybridized carbons (Fsp3) is 0.444. The lowest BCUT2D eigenvalue weighted by molar-refractivity contribution is -0.138. The number of nitrogens with one attached hydrogen (secondary N) is 1. The Morgan fingerprint density at radius 2 is 2.00 bits per heavy atom. The molecule has 0 unspecified atom stereocenters. The summed E-state index contributed by atoms with van der Waals surface area (Å²) in [6.45, 7) is 1.14. The topological polar surface area (TPSA) is 81.5 Å².